The maximum atomic E-state index is 2.66. The zero-order valence-corrected chi connectivity index (χ0v) is 38.8. The van der Waals surface area contributed by atoms with Gasteiger partial charge in [0.05, 0.1) is 28.2 Å². The third-order valence-corrected chi connectivity index (χ3v) is 15.4. The van der Waals surface area contributed by atoms with Gasteiger partial charge < -0.3 is 0 Å². The summed E-state index contributed by atoms with van der Waals surface area (Å²) in [6, 6.07) is 73.0. The van der Waals surface area contributed by atoms with Crippen molar-refractivity contribution in [1.82, 2.24) is 0 Å². The Morgan fingerprint density at radius 3 is 1.80 bits per heavy atom. The van der Waals surface area contributed by atoms with Gasteiger partial charge in [-0.15, -0.1) is 0 Å². The predicted octanol–water partition coefficient (Wildman–Crippen LogP) is 15.7. The van der Waals surface area contributed by atoms with Gasteiger partial charge in [-0.3, -0.25) is 0 Å². The second kappa shape index (κ2) is 17.0. The van der Waals surface area contributed by atoms with Crippen LogP contribution in [0, 0.1) is 0 Å². The van der Waals surface area contributed by atoms with Gasteiger partial charge in [-0.2, -0.15) is 8.97 Å². The first-order chi connectivity index (χ1) is 32.4. The van der Waals surface area contributed by atoms with E-state index >= 15 is 0 Å². The Morgan fingerprint density at radius 1 is 0.455 bits per heavy atom. The molecule has 2 unspecified atom stereocenters. The molecule has 0 spiro atoms. The van der Waals surface area contributed by atoms with E-state index in [1.54, 1.807) is 0 Å². The average Bonchev–Trinajstić information content (AvgIpc) is 3.39. The molecule has 11 rings (SSSR count). The zero-order valence-electron chi connectivity index (χ0n) is 38.8. The zero-order chi connectivity index (χ0) is 44.8. The van der Waals surface area contributed by atoms with Crippen molar-refractivity contribution in [3.63, 3.8) is 0 Å². The minimum absolute atomic E-state index is 0.173. The third-order valence-electron chi connectivity index (χ3n) is 15.4. The molecule has 0 aliphatic carbocycles. The number of hydrogen-bond donors (Lipinski definition) is 0. The van der Waals surface area contributed by atoms with E-state index in [0.717, 1.165) is 25.7 Å². The molecule has 66 heavy (non-hydrogen) atoms. The molecule has 0 amide bonds. The summed E-state index contributed by atoms with van der Waals surface area (Å²) in [5, 5.41) is 5.13. The van der Waals surface area contributed by atoms with Gasteiger partial charge in [-0.1, -0.05) is 149 Å². The molecule has 0 N–H and O–H groups in total. The van der Waals surface area contributed by atoms with E-state index in [9.17, 15) is 0 Å². The van der Waals surface area contributed by atoms with E-state index in [0.29, 0.717) is 0 Å². The third kappa shape index (κ3) is 6.94. The van der Waals surface area contributed by atoms with E-state index in [1.165, 1.54) is 112 Å². The Morgan fingerprint density at radius 2 is 1.06 bits per heavy atom. The minimum Gasteiger partial charge on any atom is -0.191 e. The van der Waals surface area contributed by atoms with Crippen LogP contribution in [0.4, 0.5) is 0 Å². The molecular formula is C64H58N2+2. The Hall–Kier alpha value is -7.16. The number of rotatable bonds is 11. The van der Waals surface area contributed by atoms with Crippen LogP contribution < -0.4 is 8.97 Å². The molecule has 0 saturated heterocycles. The monoisotopic (exact) mass is 854 g/mol. The van der Waals surface area contributed by atoms with Crippen LogP contribution >= 0.6 is 0 Å². The number of fused-ring (bicyclic) bond motifs is 8. The van der Waals surface area contributed by atoms with Crippen molar-refractivity contribution in [2.24, 2.45) is 0 Å². The smallest absolute Gasteiger partial charge is 0.191 e. The standard InChI is InChI=1S/C64H58N2/c1-5-8-20-45-21-18-26-48(37-45)54-39-53(46-22-10-9-11-23-46)40-55(41-54)50-28-19-27-49(38-50)51-32-33-60-59(43-51)61-31-16-17-35-66(61)64(7-3,63(60,4)6-2)44-56-42-52-25-13-15-30-58(52)62-57-29-14-12-24-47(57)34-36-65(56)62/h9-19,21-43H,5-8,20,44H2,1-4H3/q+2. The lowest BCUT2D eigenvalue weighted by Crippen LogP contribution is -2.70. The summed E-state index contributed by atoms with van der Waals surface area (Å²) in [6.07, 6.45) is 11.1. The lowest BCUT2D eigenvalue weighted by Gasteiger charge is -2.47. The van der Waals surface area contributed by atoms with Crippen LogP contribution in [0.3, 0.4) is 0 Å². The number of pyridine rings is 3. The van der Waals surface area contributed by atoms with Gasteiger partial charge in [0.1, 0.15) is 0 Å². The summed E-state index contributed by atoms with van der Waals surface area (Å²) in [5.41, 5.74) is 17.5. The molecule has 322 valence electrons. The first kappa shape index (κ1) is 41.5. The fourth-order valence-corrected chi connectivity index (χ4v) is 11.6. The molecule has 0 bridgehead atoms. The summed E-state index contributed by atoms with van der Waals surface area (Å²) >= 11 is 0. The average molecular weight is 855 g/mol. The Labute approximate surface area is 390 Å². The molecule has 0 radical (unpaired) electrons. The van der Waals surface area contributed by atoms with Crippen LogP contribution in [0.5, 0.6) is 0 Å². The summed E-state index contributed by atoms with van der Waals surface area (Å²) in [5.74, 6) is 0. The number of hydrogen-bond acceptors (Lipinski definition) is 0. The Bertz CT molecular complexity index is 3420. The molecule has 2 nitrogen and oxygen atoms in total. The van der Waals surface area contributed by atoms with Crippen LogP contribution in [0.2, 0.25) is 0 Å². The maximum absolute atomic E-state index is 2.66. The molecule has 2 heteroatoms. The van der Waals surface area contributed by atoms with Crippen molar-refractivity contribution < 1.29 is 8.97 Å². The van der Waals surface area contributed by atoms with Gasteiger partial charge in [0, 0.05) is 30.7 Å². The van der Waals surface area contributed by atoms with Crippen LogP contribution in [0.1, 0.15) is 70.2 Å². The van der Waals surface area contributed by atoms with Crippen molar-refractivity contribution in [2.45, 2.75) is 77.2 Å². The van der Waals surface area contributed by atoms with Gasteiger partial charge in [-0.05, 0) is 141 Å². The summed E-state index contributed by atoms with van der Waals surface area (Å²) in [4.78, 5) is 0. The molecule has 1 aliphatic rings. The Kier molecular flexibility index (Phi) is 10.7. The SMILES string of the molecule is CCCCc1cccc(-c2cc(-c3ccccc3)cc(-c3cccc(-c4ccc5c(c4)-c4cccc[n+]4C(CC)(Cc4cc6ccccc6c6c7ccccc7cc[n+]46)C5(C)CC)c3)c2)c1. The molecule has 1 aliphatic heterocycles. The first-order valence-corrected chi connectivity index (χ1v) is 24.2. The number of nitrogens with zero attached hydrogens (tertiary/aromatic N) is 2. The van der Waals surface area contributed by atoms with Crippen molar-refractivity contribution in [1.29, 1.82) is 0 Å². The predicted molar refractivity (Wildman–Crippen MR) is 277 cm³/mol. The number of aromatic nitrogens is 2. The van der Waals surface area contributed by atoms with Crippen LogP contribution in [0.15, 0.2) is 207 Å². The number of benzene rings is 7. The molecule has 2 atom stereocenters. The highest BCUT2D eigenvalue weighted by Gasteiger charge is 2.60. The molecule has 0 saturated carbocycles. The largest absolute Gasteiger partial charge is 0.226 e. The van der Waals surface area contributed by atoms with E-state index in [-0.39, 0.29) is 11.0 Å². The second-order valence-electron chi connectivity index (χ2n) is 18.9. The fourth-order valence-electron chi connectivity index (χ4n) is 11.6. The second-order valence-corrected chi connectivity index (χ2v) is 18.9. The van der Waals surface area contributed by atoms with Gasteiger partial charge in [0.25, 0.3) is 0 Å². The van der Waals surface area contributed by atoms with Crippen molar-refractivity contribution in [3.05, 3.63) is 223 Å². The van der Waals surface area contributed by atoms with Gasteiger partial charge in [0.2, 0.25) is 11.2 Å². The highest BCUT2D eigenvalue weighted by Crippen LogP contribution is 2.52. The molecule has 3 aromatic heterocycles. The van der Waals surface area contributed by atoms with Crippen molar-refractivity contribution in [2.75, 3.05) is 0 Å². The van der Waals surface area contributed by atoms with E-state index in [2.05, 4.69) is 243 Å². The van der Waals surface area contributed by atoms with E-state index in [1.807, 2.05) is 0 Å². The fraction of sp³-hybridized carbons (Fsp3) is 0.188. The molecule has 0 fully saturated rings. The van der Waals surface area contributed by atoms with Gasteiger partial charge in [0.15, 0.2) is 23.6 Å². The van der Waals surface area contributed by atoms with Crippen molar-refractivity contribution >= 4 is 27.1 Å². The highest BCUT2D eigenvalue weighted by atomic mass is 15.1. The maximum Gasteiger partial charge on any atom is 0.226 e. The van der Waals surface area contributed by atoms with Gasteiger partial charge >= 0.3 is 0 Å². The quantitative estimate of drug-likeness (QED) is 0.0905. The van der Waals surface area contributed by atoms with Gasteiger partial charge in [-0.25, -0.2) is 0 Å². The van der Waals surface area contributed by atoms with Crippen LogP contribution in [-0.4, -0.2) is 0 Å². The van der Waals surface area contributed by atoms with E-state index < -0.39 is 0 Å². The molecule has 10 aromatic rings. The summed E-state index contributed by atoms with van der Waals surface area (Å²) in [7, 11) is 0. The molecule has 4 heterocycles. The topological polar surface area (TPSA) is 7.98 Å². The molecular weight excluding hydrogens is 797 g/mol. The molecule has 7 aromatic carbocycles. The lowest BCUT2D eigenvalue weighted by atomic mass is 9.58. The Balaban J connectivity index is 1.02. The van der Waals surface area contributed by atoms with Crippen molar-refractivity contribution in [3.8, 4) is 55.8 Å². The summed E-state index contributed by atoms with van der Waals surface area (Å²) < 4.78 is 5.16. The summed E-state index contributed by atoms with van der Waals surface area (Å²) in [6.45, 7) is 9.62. The minimum atomic E-state index is -0.238. The van der Waals surface area contributed by atoms with Crippen LogP contribution in [0.25, 0.3) is 82.8 Å². The van der Waals surface area contributed by atoms with Crippen LogP contribution in [-0.2, 0) is 23.8 Å². The number of aryl methyl sites for hydroxylation is 1. The first-order valence-electron chi connectivity index (χ1n) is 24.2. The normalized spacial score (nSPS) is 16.7. The lowest BCUT2D eigenvalue weighted by molar-refractivity contribution is -0.771. The highest BCUT2D eigenvalue weighted by molar-refractivity contribution is 6.07. The van der Waals surface area contributed by atoms with E-state index in [4.69, 9.17) is 0 Å². The number of unbranched alkanes of at least 4 members (excludes halogenated alkanes) is 1.